The molecule has 0 aliphatic carbocycles. The molecule has 0 saturated carbocycles. The maximum absolute atomic E-state index is 12.2. The van der Waals surface area contributed by atoms with Crippen LogP contribution in [0.4, 0.5) is 0 Å². The van der Waals surface area contributed by atoms with Gasteiger partial charge in [0.05, 0.1) is 5.52 Å². The molecule has 2 heterocycles. The Balaban J connectivity index is 2.72. The maximum Gasteiger partial charge on any atom is 0.275 e. The molecule has 3 rings (SSSR count). The number of aromatic nitrogens is 2. The van der Waals surface area contributed by atoms with Gasteiger partial charge in [-0.2, -0.15) is 0 Å². The van der Waals surface area contributed by atoms with Gasteiger partial charge in [0, 0.05) is 36.1 Å². The van der Waals surface area contributed by atoms with E-state index in [-0.39, 0.29) is 5.56 Å². The summed E-state index contributed by atoms with van der Waals surface area (Å²) in [5.74, 6) is 0. The summed E-state index contributed by atoms with van der Waals surface area (Å²) in [7, 11) is 3.66. The lowest BCUT2D eigenvalue weighted by Gasteiger charge is -2.07. The van der Waals surface area contributed by atoms with Crippen molar-refractivity contribution in [3.8, 4) is 0 Å². The van der Waals surface area contributed by atoms with Gasteiger partial charge in [-0.3, -0.25) is 4.79 Å². The molecule has 0 bridgehead atoms. The van der Waals surface area contributed by atoms with Gasteiger partial charge in [-0.25, -0.2) is 0 Å². The van der Waals surface area contributed by atoms with Crippen LogP contribution in [0.2, 0.25) is 5.02 Å². The van der Waals surface area contributed by atoms with E-state index in [0.29, 0.717) is 10.5 Å². The first-order valence-electron chi connectivity index (χ1n) is 5.33. The van der Waals surface area contributed by atoms with Gasteiger partial charge in [0.25, 0.3) is 5.56 Å². The third-order valence-electron chi connectivity index (χ3n) is 3.19. The average molecular weight is 247 g/mol. The molecule has 0 fully saturated rings. The van der Waals surface area contributed by atoms with Crippen LogP contribution in [0, 0.1) is 0 Å². The Morgan fingerprint density at radius 3 is 2.65 bits per heavy atom. The van der Waals surface area contributed by atoms with Crippen LogP contribution in [0.1, 0.15) is 0 Å². The molecular formula is C13H11ClN2O. The zero-order valence-corrected chi connectivity index (χ0v) is 10.3. The molecule has 4 heteroatoms. The predicted molar refractivity (Wildman–Crippen MR) is 70.7 cm³/mol. The third-order valence-corrected chi connectivity index (χ3v) is 3.43. The topological polar surface area (TPSA) is 26.9 Å². The molecule has 1 aromatic carbocycles. The molecule has 0 radical (unpaired) electrons. The molecule has 0 N–H and O–H groups in total. The summed E-state index contributed by atoms with van der Waals surface area (Å²) in [4.78, 5) is 12.2. The number of aryl methyl sites for hydroxylation is 2. The van der Waals surface area contributed by atoms with Crippen molar-refractivity contribution in [3.05, 3.63) is 45.8 Å². The Hall–Kier alpha value is -1.74. The van der Waals surface area contributed by atoms with E-state index in [1.807, 2.05) is 36.0 Å². The van der Waals surface area contributed by atoms with E-state index in [1.54, 1.807) is 17.7 Å². The summed E-state index contributed by atoms with van der Waals surface area (Å²) in [5, 5.41) is 2.64. The Kier molecular flexibility index (Phi) is 2.07. The fraction of sp³-hybridized carbons (Fsp3) is 0.154. The predicted octanol–water partition coefficient (Wildman–Crippen LogP) is 2.68. The number of rotatable bonds is 0. The molecule has 0 spiro atoms. The number of halogens is 1. The van der Waals surface area contributed by atoms with Crippen LogP contribution >= 0.6 is 11.6 Å². The second-order valence-electron chi connectivity index (χ2n) is 4.21. The molecule has 3 aromatic rings. The monoisotopic (exact) mass is 246 g/mol. The van der Waals surface area contributed by atoms with E-state index >= 15 is 0 Å². The quantitative estimate of drug-likeness (QED) is 0.599. The number of hydrogen-bond donors (Lipinski definition) is 0. The highest BCUT2D eigenvalue weighted by Crippen LogP contribution is 2.25. The smallest absolute Gasteiger partial charge is 0.275 e. The van der Waals surface area contributed by atoms with Gasteiger partial charge in [-0.15, -0.1) is 0 Å². The van der Waals surface area contributed by atoms with Crippen LogP contribution in [0.25, 0.3) is 21.8 Å². The van der Waals surface area contributed by atoms with Gasteiger partial charge >= 0.3 is 0 Å². The van der Waals surface area contributed by atoms with Crippen LogP contribution in [0.5, 0.6) is 0 Å². The second kappa shape index (κ2) is 3.37. The van der Waals surface area contributed by atoms with E-state index < -0.39 is 0 Å². The molecule has 0 unspecified atom stereocenters. The standard InChI is InChI=1S/C13H11ClN2O/c1-15-6-5-9-10-7-8(14)3-4-11(10)16(2)13(17)12(9)15/h3-7H,1-2H3. The average Bonchev–Trinajstić information content (AvgIpc) is 2.68. The van der Waals surface area contributed by atoms with E-state index in [2.05, 4.69) is 0 Å². The number of pyridine rings is 1. The van der Waals surface area contributed by atoms with Crippen molar-refractivity contribution in [3.63, 3.8) is 0 Å². The van der Waals surface area contributed by atoms with Gasteiger partial charge in [-0.05, 0) is 24.3 Å². The third kappa shape index (κ3) is 1.32. The van der Waals surface area contributed by atoms with Crippen LogP contribution in [0.3, 0.4) is 0 Å². The Morgan fingerprint density at radius 2 is 1.88 bits per heavy atom. The minimum absolute atomic E-state index is 0.0160. The second-order valence-corrected chi connectivity index (χ2v) is 4.65. The zero-order chi connectivity index (χ0) is 12.2. The summed E-state index contributed by atoms with van der Waals surface area (Å²) >= 11 is 6.02. The first-order chi connectivity index (χ1) is 8.09. The summed E-state index contributed by atoms with van der Waals surface area (Å²) < 4.78 is 3.51. The number of fused-ring (bicyclic) bond motifs is 3. The molecule has 0 atom stereocenters. The molecule has 0 aliphatic rings. The maximum atomic E-state index is 12.2. The molecule has 0 aliphatic heterocycles. The van der Waals surface area contributed by atoms with Gasteiger partial charge in [0.2, 0.25) is 0 Å². The van der Waals surface area contributed by atoms with Crippen molar-refractivity contribution in [2.75, 3.05) is 0 Å². The number of nitrogens with zero attached hydrogens (tertiary/aromatic N) is 2. The minimum Gasteiger partial charge on any atom is -0.346 e. The van der Waals surface area contributed by atoms with E-state index in [0.717, 1.165) is 16.3 Å². The fourth-order valence-electron chi connectivity index (χ4n) is 2.30. The van der Waals surface area contributed by atoms with E-state index in [4.69, 9.17) is 11.6 Å². The SMILES string of the molecule is Cn1ccc2c3cc(Cl)ccc3n(C)c(=O)c21. The normalized spacial score (nSPS) is 11.5. The summed E-state index contributed by atoms with van der Waals surface area (Å²) in [6, 6.07) is 7.54. The first kappa shape index (κ1) is 10.4. The number of benzene rings is 1. The molecule has 0 amide bonds. The summed E-state index contributed by atoms with van der Waals surface area (Å²) in [6.07, 6.45) is 1.90. The Bertz CT molecular complexity index is 798. The highest BCUT2D eigenvalue weighted by atomic mass is 35.5. The van der Waals surface area contributed by atoms with Crippen LogP contribution < -0.4 is 5.56 Å². The molecule has 17 heavy (non-hydrogen) atoms. The lowest BCUT2D eigenvalue weighted by molar-refractivity contribution is 0.887. The lowest BCUT2D eigenvalue weighted by atomic mass is 10.1. The van der Waals surface area contributed by atoms with Gasteiger partial charge in [0.1, 0.15) is 5.52 Å². The molecule has 0 saturated heterocycles. The van der Waals surface area contributed by atoms with Crippen LogP contribution in [-0.2, 0) is 14.1 Å². The van der Waals surface area contributed by atoms with Crippen molar-refractivity contribution in [2.24, 2.45) is 14.1 Å². The van der Waals surface area contributed by atoms with Crippen molar-refractivity contribution < 1.29 is 0 Å². The number of hydrogen-bond acceptors (Lipinski definition) is 1. The summed E-state index contributed by atoms with van der Waals surface area (Å²) in [6.45, 7) is 0. The lowest BCUT2D eigenvalue weighted by Crippen LogP contribution is -2.18. The first-order valence-corrected chi connectivity index (χ1v) is 5.70. The van der Waals surface area contributed by atoms with Crippen molar-refractivity contribution in [1.29, 1.82) is 0 Å². The fourth-order valence-corrected chi connectivity index (χ4v) is 2.47. The van der Waals surface area contributed by atoms with Gasteiger partial charge in [-0.1, -0.05) is 11.6 Å². The molecule has 2 aromatic heterocycles. The molecule has 3 nitrogen and oxygen atoms in total. The van der Waals surface area contributed by atoms with E-state index in [9.17, 15) is 4.79 Å². The van der Waals surface area contributed by atoms with Crippen molar-refractivity contribution in [2.45, 2.75) is 0 Å². The highest BCUT2D eigenvalue weighted by molar-refractivity contribution is 6.31. The Labute approximate surface area is 103 Å². The van der Waals surface area contributed by atoms with Crippen LogP contribution in [0.15, 0.2) is 35.3 Å². The molecule has 86 valence electrons. The zero-order valence-electron chi connectivity index (χ0n) is 9.57. The highest BCUT2D eigenvalue weighted by Gasteiger charge is 2.11. The van der Waals surface area contributed by atoms with Gasteiger partial charge in [0.15, 0.2) is 0 Å². The van der Waals surface area contributed by atoms with Crippen LogP contribution in [-0.4, -0.2) is 9.13 Å². The minimum atomic E-state index is 0.0160. The molecular weight excluding hydrogens is 236 g/mol. The Morgan fingerprint density at radius 1 is 1.12 bits per heavy atom. The van der Waals surface area contributed by atoms with E-state index in [1.165, 1.54) is 0 Å². The summed E-state index contributed by atoms with van der Waals surface area (Å²) in [5.41, 5.74) is 1.63. The van der Waals surface area contributed by atoms with Crippen molar-refractivity contribution >= 4 is 33.4 Å². The van der Waals surface area contributed by atoms with Gasteiger partial charge < -0.3 is 9.13 Å². The largest absolute Gasteiger partial charge is 0.346 e. The van der Waals surface area contributed by atoms with Crippen molar-refractivity contribution in [1.82, 2.24) is 9.13 Å².